The number of hydrogen-bond acceptors (Lipinski definition) is 8. The number of piperidine rings is 1. The second-order valence-electron chi connectivity index (χ2n) is 8.75. The molecule has 3 aromatic rings. The van der Waals surface area contributed by atoms with E-state index in [2.05, 4.69) is 45.8 Å². The summed E-state index contributed by atoms with van der Waals surface area (Å²) in [5.41, 5.74) is 4.15. The van der Waals surface area contributed by atoms with E-state index < -0.39 is 11.1 Å². The number of hydrogen-bond donors (Lipinski definition) is 0. The first-order valence-electron chi connectivity index (χ1n) is 11.0. The van der Waals surface area contributed by atoms with Crippen molar-refractivity contribution in [3.8, 4) is 17.2 Å². The summed E-state index contributed by atoms with van der Waals surface area (Å²) in [5.74, 6) is 0.654. The molecule has 2 aromatic heterocycles. The lowest BCUT2D eigenvalue weighted by Gasteiger charge is -2.39. The molecule has 8 nitrogen and oxygen atoms in total. The van der Waals surface area contributed by atoms with Gasteiger partial charge in [-0.15, -0.1) is 0 Å². The summed E-state index contributed by atoms with van der Waals surface area (Å²) in [6, 6.07) is 8.33. The maximum absolute atomic E-state index is 11.6. The van der Waals surface area contributed by atoms with Gasteiger partial charge in [-0.3, -0.25) is 9.19 Å². The molecule has 2 unspecified atom stereocenters. The molecule has 0 saturated carbocycles. The second-order valence-corrected chi connectivity index (χ2v) is 9.64. The van der Waals surface area contributed by atoms with Crippen molar-refractivity contribution in [3.63, 3.8) is 0 Å². The van der Waals surface area contributed by atoms with Gasteiger partial charge in [-0.1, -0.05) is 17.1 Å². The third-order valence-electron chi connectivity index (χ3n) is 6.63. The Morgan fingerprint density at radius 1 is 1.18 bits per heavy atom. The third-order valence-corrected chi connectivity index (χ3v) is 7.17. The number of nitrogens with zero attached hydrogens (tertiary/aromatic N) is 6. The Balaban J connectivity index is 1.75. The molecule has 0 bridgehead atoms. The summed E-state index contributed by atoms with van der Waals surface area (Å²) in [6.07, 6.45) is 7.04. The molecule has 1 fully saturated rings. The maximum Gasteiger partial charge on any atom is 0.232 e. The predicted molar refractivity (Wildman–Crippen MR) is 128 cm³/mol. The first kappa shape index (κ1) is 23.2. The van der Waals surface area contributed by atoms with Gasteiger partial charge >= 0.3 is 0 Å². The fourth-order valence-electron chi connectivity index (χ4n) is 4.57. The Kier molecular flexibility index (Phi) is 6.98. The van der Waals surface area contributed by atoms with Crippen LogP contribution in [0.1, 0.15) is 31.2 Å². The number of nitriles is 1. The van der Waals surface area contributed by atoms with Crippen LogP contribution in [0.4, 0.5) is 5.69 Å². The first-order valence-corrected chi connectivity index (χ1v) is 12.2. The average Bonchev–Trinajstić information content (AvgIpc) is 2.83. The van der Waals surface area contributed by atoms with Crippen LogP contribution in [0.5, 0.6) is 0 Å². The van der Waals surface area contributed by atoms with Crippen molar-refractivity contribution >= 4 is 27.7 Å². The quantitative estimate of drug-likeness (QED) is 0.513. The molecule has 1 aliphatic rings. The summed E-state index contributed by atoms with van der Waals surface area (Å²) in [4.78, 5) is 17.3. The molecule has 9 heteroatoms. The van der Waals surface area contributed by atoms with Crippen LogP contribution in [0.2, 0.25) is 0 Å². The highest BCUT2D eigenvalue weighted by Gasteiger charge is 2.27. The SMILES string of the molecule is CC(C1CCN(c2c(CS(=O)[O-])cnc3ccc(-c4cnc(C#N)nc4)cc23)CC1)N(C)C. The molecule has 0 spiro atoms. The second kappa shape index (κ2) is 9.91. The van der Waals surface area contributed by atoms with Gasteiger partial charge in [-0.25, -0.2) is 9.97 Å². The molecule has 0 aliphatic carbocycles. The molecule has 3 heterocycles. The lowest BCUT2D eigenvalue weighted by molar-refractivity contribution is 0.199. The Bertz CT molecular complexity index is 1200. The molecular weight excluding hydrogens is 436 g/mol. The van der Waals surface area contributed by atoms with E-state index in [0.29, 0.717) is 17.5 Å². The van der Waals surface area contributed by atoms with Crippen molar-refractivity contribution < 1.29 is 8.76 Å². The summed E-state index contributed by atoms with van der Waals surface area (Å²) in [7, 11) is 4.23. The number of aromatic nitrogens is 3. The first-order chi connectivity index (χ1) is 15.9. The number of rotatable bonds is 6. The lowest BCUT2D eigenvalue weighted by atomic mass is 9.89. The van der Waals surface area contributed by atoms with Gasteiger partial charge in [0, 0.05) is 60.0 Å². The van der Waals surface area contributed by atoms with E-state index in [-0.39, 0.29) is 11.6 Å². The van der Waals surface area contributed by atoms with Crippen LogP contribution in [0.3, 0.4) is 0 Å². The van der Waals surface area contributed by atoms with Crippen molar-refractivity contribution in [1.29, 1.82) is 5.26 Å². The molecule has 2 atom stereocenters. The van der Waals surface area contributed by atoms with Gasteiger partial charge in [0.1, 0.15) is 6.07 Å². The van der Waals surface area contributed by atoms with E-state index in [4.69, 9.17) is 5.26 Å². The minimum atomic E-state index is -2.21. The average molecular weight is 464 g/mol. The minimum Gasteiger partial charge on any atom is -0.772 e. The minimum absolute atomic E-state index is 0.0729. The molecular formula is C24H27N6O2S-. The van der Waals surface area contributed by atoms with Gasteiger partial charge in [-0.2, -0.15) is 5.26 Å². The largest absolute Gasteiger partial charge is 0.772 e. The van der Waals surface area contributed by atoms with Gasteiger partial charge in [0.25, 0.3) is 0 Å². The van der Waals surface area contributed by atoms with Crippen LogP contribution in [0, 0.1) is 17.2 Å². The van der Waals surface area contributed by atoms with Gasteiger partial charge in [0.15, 0.2) is 0 Å². The standard InChI is InChI=1S/C24H28N6O2S/c1-16(29(2)3)17-6-8-30(9-7-17)24-20(15-33(31)32)14-26-22-5-4-18(10-21(22)24)19-12-27-23(11-25)28-13-19/h4-5,10,12-14,16-17H,6-9,15H2,1-3H3,(H,31,32)/p-1. The number of benzene rings is 1. The van der Waals surface area contributed by atoms with Crippen LogP contribution in [-0.4, -0.2) is 61.8 Å². The van der Waals surface area contributed by atoms with Gasteiger partial charge in [0.05, 0.1) is 11.2 Å². The molecule has 0 N–H and O–H groups in total. The van der Waals surface area contributed by atoms with E-state index in [0.717, 1.165) is 53.6 Å². The van der Waals surface area contributed by atoms with E-state index in [1.54, 1.807) is 18.6 Å². The molecule has 33 heavy (non-hydrogen) atoms. The Hall–Kier alpha value is -2.93. The molecule has 0 amide bonds. The zero-order valence-corrected chi connectivity index (χ0v) is 19.9. The normalized spacial score (nSPS) is 16.7. The highest BCUT2D eigenvalue weighted by atomic mass is 32.2. The number of pyridine rings is 1. The highest BCUT2D eigenvalue weighted by Crippen LogP contribution is 2.36. The van der Waals surface area contributed by atoms with Crippen LogP contribution in [0.15, 0.2) is 36.8 Å². The van der Waals surface area contributed by atoms with Crippen LogP contribution < -0.4 is 4.90 Å². The number of anilines is 1. The summed E-state index contributed by atoms with van der Waals surface area (Å²) in [5, 5.41) is 9.88. The van der Waals surface area contributed by atoms with Crippen molar-refractivity contribution in [1.82, 2.24) is 19.9 Å². The molecule has 1 saturated heterocycles. The Morgan fingerprint density at radius 3 is 2.48 bits per heavy atom. The van der Waals surface area contributed by atoms with Crippen molar-refractivity contribution in [2.75, 3.05) is 32.1 Å². The molecule has 172 valence electrons. The highest BCUT2D eigenvalue weighted by molar-refractivity contribution is 7.78. The summed E-state index contributed by atoms with van der Waals surface area (Å²) in [6.45, 7) is 4.00. The fourth-order valence-corrected chi connectivity index (χ4v) is 5.03. The van der Waals surface area contributed by atoms with E-state index >= 15 is 0 Å². The van der Waals surface area contributed by atoms with Crippen LogP contribution in [-0.2, 0) is 16.8 Å². The smallest absolute Gasteiger partial charge is 0.232 e. The molecule has 1 aliphatic heterocycles. The van der Waals surface area contributed by atoms with Gasteiger partial charge < -0.3 is 14.4 Å². The summed E-state index contributed by atoms with van der Waals surface area (Å²) < 4.78 is 23.2. The van der Waals surface area contributed by atoms with Crippen molar-refractivity contribution in [3.05, 3.63) is 48.2 Å². The zero-order chi connectivity index (χ0) is 23.5. The van der Waals surface area contributed by atoms with Gasteiger partial charge in [0.2, 0.25) is 5.82 Å². The Labute approximate surface area is 196 Å². The lowest BCUT2D eigenvalue weighted by Crippen LogP contribution is -2.42. The van der Waals surface area contributed by atoms with Crippen molar-refractivity contribution in [2.45, 2.75) is 31.6 Å². The number of fused-ring (bicyclic) bond motifs is 1. The van der Waals surface area contributed by atoms with E-state index in [9.17, 15) is 8.76 Å². The topological polar surface area (TPSA) is 109 Å². The molecule has 0 radical (unpaired) electrons. The zero-order valence-electron chi connectivity index (χ0n) is 19.1. The predicted octanol–water partition coefficient (Wildman–Crippen LogP) is 3.11. The monoisotopic (exact) mass is 463 g/mol. The maximum atomic E-state index is 11.6. The Morgan fingerprint density at radius 2 is 1.88 bits per heavy atom. The van der Waals surface area contributed by atoms with Crippen LogP contribution in [0.25, 0.3) is 22.0 Å². The molecule has 4 rings (SSSR count). The molecule has 1 aromatic carbocycles. The third kappa shape index (κ3) is 5.03. The van der Waals surface area contributed by atoms with E-state index in [1.807, 2.05) is 24.3 Å². The fraction of sp³-hybridized carbons (Fsp3) is 0.417. The van der Waals surface area contributed by atoms with E-state index in [1.165, 1.54) is 0 Å². The van der Waals surface area contributed by atoms with Crippen molar-refractivity contribution in [2.24, 2.45) is 5.92 Å². The van der Waals surface area contributed by atoms with Crippen LogP contribution >= 0.6 is 0 Å². The summed E-state index contributed by atoms with van der Waals surface area (Å²) >= 11 is -2.21. The van der Waals surface area contributed by atoms with Gasteiger partial charge in [-0.05, 0) is 57.5 Å².